The number of rotatable bonds is 4. The van der Waals surface area contributed by atoms with Gasteiger partial charge in [0.05, 0.1) is 11.5 Å². The van der Waals surface area contributed by atoms with Gasteiger partial charge in [-0.1, -0.05) is 5.16 Å². The number of hydrogen-bond acceptors (Lipinski definition) is 5. The molecule has 1 aromatic carbocycles. The SMILES string of the molecule is O=C(NC1CCNCC1C(=O)O)c1cc(-c2ccc(F)cc2F)on1. The van der Waals surface area contributed by atoms with Gasteiger partial charge < -0.3 is 20.3 Å². The molecule has 0 bridgehead atoms. The molecular formula is C16H15F2N3O4. The van der Waals surface area contributed by atoms with E-state index in [1.54, 1.807) is 0 Å². The highest BCUT2D eigenvalue weighted by Crippen LogP contribution is 2.24. The van der Waals surface area contributed by atoms with Gasteiger partial charge >= 0.3 is 5.97 Å². The molecule has 1 aliphatic rings. The molecular weight excluding hydrogens is 336 g/mol. The van der Waals surface area contributed by atoms with Crippen molar-refractivity contribution >= 4 is 11.9 Å². The van der Waals surface area contributed by atoms with Crippen LogP contribution in [0, 0.1) is 17.6 Å². The quantitative estimate of drug-likeness (QED) is 0.769. The number of carbonyl (C=O) groups is 2. The third-order valence-electron chi connectivity index (χ3n) is 4.06. The fourth-order valence-corrected chi connectivity index (χ4v) is 2.73. The molecule has 0 saturated carbocycles. The molecule has 3 rings (SSSR count). The summed E-state index contributed by atoms with van der Waals surface area (Å²) in [6.45, 7) is 0.838. The first-order chi connectivity index (χ1) is 12.0. The number of benzene rings is 1. The Morgan fingerprint density at radius 2 is 2.12 bits per heavy atom. The Morgan fingerprint density at radius 1 is 1.32 bits per heavy atom. The van der Waals surface area contributed by atoms with Gasteiger partial charge in [0.2, 0.25) is 0 Å². The Balaban J connectivity index is 1.75. The van der Waals surface area contributed by atoms with E-state index in [0.29, 0.717) is 19.0 Å². The maximum Gasteiger partial charge on any atom is 0.309 e. The van der Waals surface area contributed by atoms with E-state index < -0.39 is 35.5 Å². The second-order valence-corrected chi connectivity index (χ2v) is 5.72. The molecule has 2 atom stereocenters. The van der Waals surface area contributed by atoms with Crippen LogP contribution in [0.5, 0.6) is 0 Å². The smallest absolute Gasteiger partial charge is 0.309 e. The lowest BCUT2D eigenvalue weighted by atomic mass is 9.93. The first kappa shape index (κ1) is 17.0. The molecule has 132 valence electrons. The summed E-state index contributed by atoms with van der Waals surface area (Å²) in [6, 6.07) is 3.62. The lowest BCUT2D eigenvalue weighted by Gasteiger charge is -2.29. The van der Waals surface area contributed by atoms with Crippen LogP contribution in [-0.4, -0.2) is 41.3 Å². The van der Waals surface area contributed by atoms with Crippen molar-refractivity contribution in [2.45, 2.75) is 12.5 Å². The van der Waals surface area contributed by atoms with E-state index in [1.807, 2.05) is 0 Å². The summed E-state index contributed by atoms with van der Waals surface area (Å²) in [5.41, 5.74) is -0.139. The van der Waals surface area contributed by atoms with Crippen molar-refractivity contribution in [2.24, 2.45) is 5.92 Å². The first-order valence-electron chi connectivity index (χ1n) is 7.62. The molecule has 1 amide bonds. The third kappa shape index (κ3) is 3.66. The van der Waals surface area contributed by atoms with Crippen molar-refractivity contribution in [1.82, 2.24) is 15.8 Å². The Morgan fingerprint density at radius 3 is 2.84 bits per heavy atom. The highest BCUT2D eigenvalue weighted by atomic mass is 19.1. The van der Waals surface area contributed by atoms with E-state index in [9.17, 15) is 23.5 Å². The molecule has 1 saturated heterocycles. The van der Waals surface area contributed by atoms with Crippen molar-refractivity contribution in [3.8, 4) is 11.3 Å². The van der Waals surface area contributed by atoms with Crippen molar-refractivity contribution in [3.05, 3.63) is 41.6 Å². The Labute approximate surface area is 141 Å². The summed E-state index contributed by atoms with van der Waals surface area (Å²) in [5.74, 6) is -3.97. The second-order valence-electron chi connectivity index (χ2n) is 5.72. The van der Waals surface area contributed by atoms with E-state index in [0.717, 1.165) is 6.07 Å². The minimum Gasteiger partial charge on any atom is -0.481 e. The molecule has 25 heavy (non-hydrogen) atoms. The van der Waals surface area contributed by atoms with Gasteiger partial charge in [0.1, 0.15) is 11.6 Å². The minimum atomic E-state index is -1.01. The lowest BCUT2D eigenvalue weighted by Crippen LogP contribution is -2.52. The van der Waals surface area contributed by atoms with Crippen LogP contribution in [0.4, 0.5) is 8.78 Å². The van der Waals surface area contributed by atoms with Crippen LogP contribution in [0.1, 0.15) is 16.9 Å². The summed E-state index contributed by atoms with van der Waals surface area (Å²) in [4.78, 5) is 23.5. The maximum absolute atomic E-state index is 13.8. The van der Waals surface area contributed by atoms with E-state index >= 15 is 0 Å². The molecule has 9 heteroatoms. The Bertz CT molecular complexity index is 808. The van der Waals surface area contributed by atoms with Crippen molar-refractivity contribution in [3.63, 3.8) is 0 Å². The van der Waals surface area contributed by atoms with Gasteiger partial charge in [-0.05, 0) is 25.1 Å². The molecule has 1 aromatic heterocycles. The summed E-state index contributed by atoms with van der Waals surface area (Å²) < 4.78 is 31.7. The number of nitrogens with one attached hydrogen (secondary N) is 2. The molecule has 1 aliphatic heterocycles. The highest BCUT2D eigenvalue weighted by molar-refractivity contribution is 5.93. The minimum absolute atomic E-state index is 0.0252. The van der Waals surface area contributed by atoms with Gasteiger partial charge in [-0.15, -0.1) is 0 Å². The highest BCUT2D eigenvalue weighted by Gasteiger charge is 2.32. The fraction of sp³-hybridized carbons (Fsp3) is 0.312. The van der Waals surface area contributed by atoms with Crippen LogP contribution in [0.3, 0.4) is 0 Å². The number of carbonyl (C=O) groups excluding carboxylic acids is 1. The summed E-state index contributed by atoms with van der Waals surface area (Å²) >= 11 is 0. The van der Waals surface area contributed by atoms with Crippen LogP contribution >= 0.6 is 0 Å². The number of aliphatic carboxylic acids is 1. The van der Waals surface area contributed by atoms with Crippen LogP contribution in [0.25, 0.3) is 11.3 Å². The van der Waals surface area contributed by atoms with Crippen LogP contribution in [0.15, 0.2) is 28.8 Å². The number of aromatic nitrogens is 1. The molecule has 7 nitrogen and oxygen atoms in total. The maximum atomic E-state index is 13.8. The van der Waals surface area contributed by atoms with E-state index in [2.05, 4.69) is 15.8 Å². The van der Waals surface area contributed by atoms with E-state index in [4.69, 9.17) is 4.52 Å². The van der Waals surface area contributed by atoms with Gasteiger partial charge in [-0.3, -0.25) is 9.59 Å². The Hall–Kier alpha value is -2.81. The van der Waals surface area contributed by atoms with Crippen LogP contribution in [0.2, 0.25) is 0 Å². The van der Waals surface area contributed by atoms with Gasteiger partial charge in [-0.2, -0.15) is 0 Å². The van der Waals surface area contributed by atoms with Crippen LogP contribution < -0.4 is 10.6 Å². The van der Waals surface area contributed by atoms with Crippen molar-refractivity contribution in [1.29, 1.82) is 0 Å². The monoisotopic (exact) mass is 351 g/mol. The van der Waals surface area contributed by atoms with Gasteiger partial charge in [-0.25, -0.2) is 8.78 Å². The normalized spacial score (nSPS) is 20.2. The van der Waals surface area contributed by atoms with Gasteiger partial charge in [0.15, 0.2) is 11.5 Å². The summed E-state index contributed by atoms with van der Waals surface area (Å²) in [6.07, 6.45) is 0.458. The van der Waals surface area contributed by atoms with Crippen LogP contribution in [-0.2, 0) is 4.79 Å². The van der Waals surface area contributed by atoms with Gasteiger partial charge in [0.25, 0.3) is 5.91 Å². The molecule has 1 fully saturated rings. The standard InChI is InChI=1S/C16H15F2N3O4/c17-8-1-2-9(11(18)5-8)14-6-13(21-25-14)15(22)20-12-3-4-19-7-10(12)16(23)24/h1-2,5-6,10,12,19H,3-4,7H2,(H,20,22)(H,23,24). The number of carboxylic acids is 1. The van der Waals surface area contributed by atoms with Crippen molar-refractivity contribution in [2.75, 3.05) is 13.1 Å². The zero-order chi connectivity index (χ0) is 18.0. The predicted octanol–water partition coefficient (Wildman–Crippen LogP) is 1.41. The zero-order valence-electron chi connectivity index (χ0n) is 13.0. The average molecular weight is 351 g/mol. The van der Waals surface area contributed by atoms with E-state index in [-0.39, 0.29) is 23.6 Å². The molecule has 2 aromatic rings. The molecule has 2 heterocycles. The molecule has 0 spiro atoms. The largest absolute Gasteiger partial charge is 0.481 e. The Kier molecular flexibility index (Phi) is 4.75. The molecule has 3 N–H and O–H groups in total. The molecule has 0 aliphatic carbocycles. The number of nitrogens with zero attached hydrogens (tertiary/aromatic N) is 1. The van der Waals surface area contributed by atoms with Crippen molar-refractivity contribution < 1.29 is 28.0 Å². The zero-order valence-corrected chi connectivity index (χ0v) is 13.0. The average Bonchev–Trinajstić information content (AvgIpc) is 3.05. The third-order valence-corrected chi connectivity index (χ3v) is 4.06. The number of carboxylic acid groups (broad SMARTS) is 1. The van der Waals surface area contributed by atoms with Gasteiger partial charge in [0, 0.05) is 24.7 Å². The molecule has 0 radical (unpaired) electrons. The fourth-order valence-electron chi connectivity index (χ4n) is 2.73. The first-order valence-corrected chi connectivity index (χ1v) is 7.62. The topological polar surface area (TPSA) is 104 Å². The number of piperidine rings is 1. The summed E-state index contributed by atoms with van der Waals surface area (Å²) in [5, 5.41) is 18.4. The number of amides is 1. The number of halogens is 2. The van der Waals surface area contributed by atoms with E-state index in [1.165, 1.54) is 12.1 Å². The lowest BCUT2D eigenvalue weighted by molar-refractivity contribution is -0.143. The molecule has 2 unspecified atom stereocenters. The summed E-state index contributed by atoms with van der Waals surface area (Å²) in [7, 11) is 0. The number of hydrogen-bond donors (Lipinski definition) is 3. The predicted molar refractivity (Wildman–Crippen MR) is 81.7 cm³/mol. The second kappa shape index (κ2) is 6.98.